The number of nitrogens with zero attached hydrogens (tertiary/aromatic N) is 5. The Hall–Kier alpha value is -2.64. The summed E-state index contributed by atoms with van der Waals surface area (Å²) in [5.74, 6) is 1.22. The summed E-state index contributed by atoms with van der Waals surface area (Å²) < 4.78 is 1.56. The predicted octanol–water partition coefficient (Wildman–Crippen LogP) is 1.97. The number of anilines is 2. The Morgan fingerprint density at radius 3 is 2.92 bits per heavy atom. The van der Waals surface area contributed by atoms with Crippen molar-refractivity contribution in [3.05, 3.63) is 24.2 Å². The molecule has 1 atom stereocenters. The molecule has 1 unspecified atom stereocenters. The molecular weight excluding hydrogens is 330 g/mol. The molecule has 0 spiro atoms. The molecular formula is C18H25N7O. The quantitative estimate of drug-likeness (QED) is 0.872. The Kier molecular flexibility index (Phi) is 4.48. The number of carbonyl (C=O) groups excluding carboxylic acids is 1. The summed E-state index contributed by atoms with van der Waals surface area (Å²) in [5, 5.41) is 10.4. The number of nitrogens with one attached hydrogen (secondary N) is 2. The molecule has 0 saturated heterocycles. The first-order valence-electron chi connectivity index (χ1n) is 9.38. The fourth-order valence-corrected chi connectivity index (χ4v) is 3.97. The third-order valence-electron chi connectivity index (χ3n) is 5.37. The predicted molar refractivity (Wildman–Crippen MR) is 99.8 cm³/mol. The summed E-state index contributed by atoms with van der Waals surface area (Å²) in [6, 6.07) is 2.65. The minimum Gasteiger partial charge on any atom is -0.379 e. The Morgan fingerprint density at radius 2 is 2.19 bits per heavy atom. The van der Waals surface area contributed by atoms with Crippen LogP contribution < -0.4 is 15.5 Å². The number of fused-ring (bicyclic) bond motifs is 1. The molecule has 26 heavy (non-hydrogen) atoms. The summed E-state index contributed by atoms with van der Waals surface area (Å²) in [7, 11) is 1.59. The van der Waals surface area contributed by atoms with E-state index in [0.717, 1.165) is 24.5 Å². The summed E-state index contributed by atoms with van der Waals surface area (Å²) in [4.78, 5) is 23.5. The van der Waals surface area contributed by atoms with Crippen LogP contribution in [0, 0.1) is 0 Å². The molecule has 2 aromatic heterocycles. The minimum atomic E-state index is -0.220. The standard InChI is InChI=1S/C18H25N7O/c1-3-12-10-20-15-11-21-18(24-9-8-14(23-24)17(26)19-2)22-16(15)25(12)13-6-4-5-7-13/h8-9,11-13,20H,3-7,10H2,1-2H3,(H,19,26). The van der Waals surface area contributed by atoms with E-state index in [4.69, 9.17) is 4.98 Å². The van der Waals surface area contributed by atoms with E-state index in [0.29, 0.717) is 23.7 Å². The highest BCUT2D eigenvalue weighted by molar-refractivity contribution is 5.91. The van der Waals surface area contributed by atoms with Crippen LogP contribution in [0.25, 0.3) is 5.95 Å². The SMILES string of the molecule is CCC1CNc2cnc(-n3ccc(C(=O)NC)n3)nc2N1C1CCCC1. The third-order valence-corrected chi connectivity index (χ3v) is 5.37. The van der Waals surface area contributed by atoms with Gasteiger partial charge < -0.3 is 15.5 Å². The normalized spacial score (nSPS) is 19.9. The van der Waals surface area contributed by atoms with Crippen molar-refractivity contribution in [3.63, 3.8) is 0 Å². The van der Waals surface area contributed by atoms with Gasteiger partial charge in [0.05, 0.1) is 11.9 Å². The van der Waals surface area contributed by atoms with Gasteiger partial charge in [0.25, 0.3) is 11.9 Å². The molecule has 2 aliphatic rings. The number of carbonyl (C=O) groups is 1. The summed E-state index contributed by atoms with van der Waals surface area (Å²) in [6.07, 6.45) is 9.63. The minimum absolute atomic E-state index is 0.220. The zero-order chi connectivity index (χ0) is 18.1. The topological polar surface area (TPSA) is 88.0 Å². The van der Waals surface area contributed by atoms with Crippen molar-refractivity contribution in [2.24, 2.45) is 0 Å². The van der Waals surface area contributed by atoms with Crippen LogP contribution in [0.1, 0.15) is 49.5 Å². The molecule has 2 N–H and O–H groups in total. The van der Waals surface area contributed by atoms with Gasteiger partial charge in [-0.25, -0.2) is 9.67 Å². The molecule has 2 aromatic rings. The third kappa shape index (κ3) is 2.89. The first kappa shape index (κ1) is 16.8. The molecule has 1 aliphatic heterocycles. The highest BCUT2D eigenvalue weighted by Crippen LogP contribution is 2.36. The maximum atomic E-state index is 11.8. The maximum Gasteiger partial charge on any atom is 0.271 e. The smallest absolute Gasteiger partial charge is 0.271 e. The molecule has 1 fully saturated rings. The van der Waals surface area contributed by atoms with Gasteiger partial charge in [-0.05, 0) is 25.3 Å². The lowest BCUT2D eigenvalue weighted by atomic mass is 10.1. The van der Waals surface area contributed by atoms with E-state index in [1.54, 1.807) is 24.0 Å². The Labute approximate surface area is 153 Å². The second-order valence-corrected chi connectivity index (χ2v) is 6.92. The van der Waals surface area contributed by atoms with Gasteiger partial charge in [0.15, 0.2) is 11.5 Å². The van der Waals surface area contributed by atoms with Crippen LogP contribution in [-0.4, -0.2) is 51.3 Å². The first-order chi connectivity index (χ1) is 12.7. The Morgan fingerprint density at radius 1 is 1.38 bits per heavy atom. The van der Waals surface area contributed by atoms with Crippen molar-refractivity contribution in [2.75, 3.05) is 23.8 Å². The Bertz CT molecular complexity index is 797. The van der Waals surface area contributed by atoms with Crippen LogP contribution in [0.15, 0.2) is 18.5 Å². The number of hydrogen-bond acceptors (Lipinski definition) is 6. The molecule has 0 bridgehead atoms. The zero-order valence-electron chi connectivity index (χ0n) is 15.3. The molecule has 1 amide bonds. The molecule has 3 heterocycles. The lowest BCUT2D eigenvalue weighted by Crippen LogP contribution is -2.49. The summed E-state index contributed by atoms with van der Waals surface area (Å²) in [5.41, 5.74) is 1.33. The van der Waals surface area contributed by atoms with Gasteiger partial charge in [-0.1, -0.05) is 19.8 Å². The van der Waals surface area contributed by atoms with Crippen LogP contribution in [0.4, 0.5) is 11.5 Å². The van der Waals surface area contributed by atoms with Crippen LogP contribution in [-0.2, 0) is 0 Å². The van der Waals surface area contributed by atoms with Crippen molar-refractivity contribution in [1.82, 2.24) is 25.1 Å². The van der Waals surface area contributed by atoms with Crippen molar-refractivity contribution < 1.29 is 4.79 Å². The van der Waals surface area contributed by atoms with Gasteiger partial charge in [0, 0.05) is 31.9 Å². The zero-order valence-corrected chi connectivity index (χ0v) is 15.3. The summed E-state index contributed by atoms with van der Waals surface area (Å²) in [6.45, 7) is 3.15. The van der Waals surface area contributed by atoms with Crippen molar-refractivity contribution in [3.8, 4) is 5.95 Å². The molecule has 0 aromatic carbocycles. The van der Waals surface area contributed by atoms with Gasteiger partial charge in [-0.15, -0.1) is 0 Å². The second kappa shape index (κ2) is 6.93. The number of hydrogen-bond donors (Lipinski definition) is 2. The van der Waals surface area contributed by atoms with Gasteiger partial charge in [0.1, 0.15) is 0 Å². The van der Waals surface area contributed by atoms with E-state index in [-0.39, 0.29) is 5.91 Å². The van der Waals surface area contributed by atoms with Crippen molar-refractivity contribution in [1.29, 1.82) is 0 Å². The van der Waals surface area contributed by atoms with Crippen molar-refractivity contribution in [2.45, 2.75) is 51.1 Å². The maximum absolute atomic E-state index is 11.8. The molecule has 8 nitrogen and oxygen atoms in total. The first-order valence-corrected chi connectivity index (χ1v) is 9.38. The van der Waals surface area contributed by atoms with Crippen LogP contribution >= 0.6 is 0 Å². The molecule has 1 saturated carbocycles. The van der Waals surface area contributed by atoms with E-state index in [1.165, 1.54) is 25.7 Å². The number of rotatable bonds is 4. The number of amides is 1. The van der Waals surface area contributed by atoms with Gasteiger partial charge >= 0.3 is 0 Å². The highest BCUT2D eigenvalue weighted by atomic mass is 16.1. The molecule has 4 rings (SSSR count). The average molecular weight is 355 g/mol. The van der Waals surface area contributed by atoms with E-state index in [9.17, 15) is 4.79 Å². The van der Waals surface area contributed by atoms with Crippen LogP contribution in [0.2, 0.25) is 0 Å². The van der Waals surface area contributed by atoms with Crippen LogP contribution in [0.5, 0.6) is 0 Å². The highest BCUT2D eigenvalue weighted by Gasteiger charge is 2.34. The number of aromatic nitrogens is 4. The lowest BCUT2D eigenvalue weighted by molar-refractivity contribution is 0.0957. The molecule has 0 radical (unpaired) electrons. The fraction of sp³-hybridized carbons (Fsp3) is 0.556. The van der Waals surface area contributed by atoms with E-state index < -0.39 is 0 Å². The van der Waals surface area contributed by atoms with Crippen molar-refractivity contribution >= 4 is 17.4 Å². The molecule has 1 aliphatic carbocycles. The lowest BCUT2D eigenvalue weighted by Gasteiger charge is -2.41. The summed E-state index contributed by atoms with van der Waals surface area (Å²) >= 11 is 0. The Balaban J connectivity index is 1.71. The van der Waals surface area contributed by atoms with Gasteiger partial charge in [-0.3, -0.25) is 4.79 Å². The molecule has 138 valence electrons. The van der Waals surface area contributed by atoms with Gasteiger partial charge in [0.2, 0.25) is 0 Å². The molecule has 8 heteroatoms. The van der Waals surface area contributed by atoms with E-state index >= 15 is 0 Å². The van der Waals surface area contributed by atoms with E-state index in [1.807, 2.05) is 6.20 Å². The van der Waals surface area contributed by atoms with Gasteiger partial charge in [-0.2, -0.15) is 10.1 Å². The van der Waals surface area contributed by atoms with E-state index in [2.05, 4.69) is 32.5 Å². The largest absolute Gasteiger partial charge is 0.379 e. The second-order valence-electron chi connectivity index (χ2n) is 6.92. The monoisotopic (exact) mass is 355 g/mol. The van der Waals surface area contributed by atoms with Crippen LogP contribution in [0.3, 0.4) is 0 Å². The average Bonchev–Trinajstić information content (AvgIpc) is 3.38. The fourth-order valence-electron chi connectivity index (χ4n) is 3.97.